The number of halogens is 1. The molecule has 1 fully saturated rings. The van der Waals surface area contributed by atoms with E-state index in [1.807, 2.05) is 6.07 Å². The second-order valence-corrected chi connectivity index (χ2v) is 8.98. The third kappa shape index (κ3) is 5.05. The summed E-state index contributed by atoms with van der Waals surface area (Å²) in [4.78, 5) is 1.39. The number of thiophene rings is 1. The molecule has 114 valence electrons. The van der Waals surface area contributed by atoms with Crippen LogP contribution in [0.4, 0.5) is 0 Å². The monoisotopic (exact) mass is 313 g/mol. The van der Waals surface area contributed by atoms with Crippen LogP contribution in [0.5, 0.6) is 0 Å². The smallest absolute Gasteiger partial charge is 0.0931 e. The van der Waals surface area contributed by atoms with Crippen LogP contribution in [0, 0.1) is 11.3 Å². The Morgan fingerprint density at radius 2 is 2.00 bits per heavy atom. The molecule has 0 aromatic carbocycles. The minimum atomic E-state index is 0.475. The first-order valence-electron chi connectivity index (χ1n) is 7.93. The van der Waals surface area contributed by atoms with Crippen LogP contribution in [-0.4, -0.2) is 12.6 Å². The third-order valence-electron chi connectivity index (χ3n) is 4.63. The summed E-state index contributed by atoms with van der Waals surface area (Å²) >= 11 is 7.67. The Labute approximate surface area is 133 Å². The summed E-state index contributed by atoms with van der Waals surface area (Å²) in [5.41, 5.74) is 0.475. The molecule has 0 aliphatic heterocycles. The summed E-state index contributed by atoms with van der Waals surface area (Å²) in [5, 5.41) is 3.75. The van der Waals surface area contributed by atoms with Crippen LogP contribution in [0.3, 0.4) is 0 Å². The zero-order valence-electron chi connectivity index (χ0n) is 13.0. The van der Waals surface area contributed by atoms with E-state index in [1.54, 1.807) is 11.3 Å². The van der Waals surface area contributed by atoms with E-state index in [9.17, 15) is 0 Å². The van der Waals surface area contributed by atoms with Gasteiger partial charge in [-0.1, -0.05) is 38.8 Å². The number of hydrogen-bond acceptors (Lipinski definition) is 2. The van der Waals surface area contributed by atoms with Gasteiger partial charge in [0.2, 0.25) is 0 Å². The summed E-state index contributed by atoms with van der Waals surface area (Å²) < 4.78 is 0.905. The van der Waals surface area contributed by atoms with Crippen molar-refractivity contribution in [3.8, 4) is 0 Å². The zero-order valence-corrected chi connectivity index (χ0v) is 14.6. The van der Waals surface area contributed by atoms with Crippen molar-refractivity contribution in [1.29, 1.82) is 0 Å². The molecule has 2 rings (SSSR count). The van der Waals surface area contributed by atoms with Crippen molar-refractivity contribution in [3.05, 3.63) is 21.3 Å². The molecule has 0 spiro atoms. The Morgan fingerprint density at radius 3 is 2.65 bits per heavy atom. The van der Waals surface area contributed by atoms with E-state index in [-0.39, 0.29) is 0 Å². The predicted octanol–water partition coefficient (Wildman–Crippen LogP) is 5.53. The van der Waals surface area contributed by atoms with Gasteiger partial charge in [-0.15, -0.1) is 11.3 Å². The lowest BCUT2D eigenvalue weighted by atomic mass is 9.76. The summed E-state index contributed by atoms with van der Waals surface area (Å²) in [7, 11) is 0. The largest absolute Gasteiger partial charge is 0.314 e. The van der Waals surface area contributed by atoms with Crippen molar-refractivity contribution in [2.45, 2.75) is 65.3 Å². The molecule has 1 nitrogen and oxygen atoms in total. The summed E-state index contributed by atoms with van der Waals surface area (Å²) in [6.07, 6.45) is 7.96. The highest BCUT2D eigenvalue weighted by atomic mass is 35.5. The quantitative estimate of drug-likeness (QED) is 0.721. The van der Waals surface area contributed by atoms with E-state index in [1.165, 1.54) is 37.0 Å². The van der Waals surface area contributed by atoms with Crippen LogP contribution in [0.25, 0.3) is 0 Å². The fourth-order valence-corrected chi connectivity index (χ4v) is 4.34. The van der Waals surface area contributed by atoms with Gasteiger partial charge in [0.05, 0.1) is 4.34 Å². The molecule has 1 aliphatic rings. The summed E-state index contributed by atoms with van der Waals surface area (Å²) in [6, 6.07) is 4.87. The molecule has 2 atom stereocenters. The van der Waals surface area contributed by atoms with E-state index in [0.29, 0.717) is 5.41 Å². The van der Waals surface area contributed by atoms with Crippen LogP contribution in [-0.2, 0) is 6.42 Å². The average Bonchev–Trinajstić information content (AvgIpc) is 2.63. The average molecular weight is 314 g/mol. The zero-order chi connectivity index (χ0) is 14.6. The van der Waals surface area contributed by atoms with Gasteiger partial charge < -0.3 is 5.32 Å². The van der Waals surface area contributed by atoms with Crippen LogP contribution in [0.15, 0.2) is 12.1 Å². The summed E-state index contributed by atoms with van der Waals surface area (Å²) in [5.74, 6) is 0.894. The van der Waals surface area contributed by atoms with Gasteiger partial charge >= 0.3 is 0 Å². The molecule has 1 aromatic heterocycles. The highest BCUT2D eigenvalue weighted by Gasteiger charge is 2.27. The molecule has 1 heterocycles. The molecule has 1 N–H and O–H groups in total. The van der Waals surface area contributed by atoms with Gasteiger partial charge in [-0.3, -0.25) is 0 Å². The Balaban J connectivity index is 1.71. The van der Waals surface area contributed by atoms with E-state index in [4.69, 9.17) is 11.6 Å². The van der Waals surface area contributed by atoms with Gasteiger partial charge in [0, 0.05) is 17.5 Å². The molecule has 20 heavy (non-hydrogen) atoms. The lowest BCUT2D eigenvalue weighted by molar-refractivity contribution is 0.213. The van der Waals surface area contributed by atoms with E-state index in [2.05, 4.69) is 32.2 Å². The number of hydrogen-bond donors (Lipinski definition) is 1. The number of nitrogens with one attached hydrogen (secondary N) is 1. The van der Waals surface area contributed by atoms with Gasteiger partial charge in [-0.25, -0.2) is 0 Å². The molecule has 0 saturated heterocycles. The molecular formula is C17H28ClNS. The molecular weight excluding hydrogens is 286 g/mol. The lowest BCUT2D eigenvalue weighted by Crippen LogP contribution is -2.30. The van der Waals surface area contributed by atoms with Crippen molar-refractivity contribution < 1.29 is 0 Å². The Bertz CT molecular complexity index is 407. The second-order valence-electron chi connectivity index (χ2n) is 7.18. The Morgan fingerprint density at radius 1 is 1.20 bits per heavy atom. The fraction of sp³-hybridized carbons (Fsp3) is 0.765. The normalized spacial score (nSPS) is 24.6. The van der Waals surface area contributed by atoms with Gasteiger partial charge in [0.15, 0.2) is 0 Å². The van der Waals surface area contributed by atoms with E-state index >= 15 is 0 Å². The molecule has 0 radical (unpaired) electrons. The van der Waals surface area contributed by atoms with E-state index in [0.717, 1.165) is 29.3 Å². The van der Waals surface area contributed by atoms with Gasteiger partial charge in [-0.05, 0) is 55.6 Å². The van der Waals surface area contributed by atoms with Gasteiger partial charge in [0.1, 0.15) is 0 Å². The first-order chi connectivity index (χ1) is 9.45. The maximum absolute atomic E-state index is 5.97. The fourth-order valence-electron chi connectivity index (χ4n) is 3.26. The maximum atomic E-state index is 5.97. The van der Waals surface area contributed by atoms with E-state index < -0.39 is 0 Å². The molecule has 1 aliphatic carbocycles. The Kier molecular flexibility index (Phi) is 5.95. The van der Waals surface area contributed by atoms with Crippen molar-refractivity contribution in [3.63, 3.8) is 0 Å². The predicted molar refractivity (Wildman–Crippen MR) is 90.9 cm³/mol. The lowest BCUT2D eigenvalue weighted by Gasteiger charge is -2.29. The summed E-state index contributed by atoms with van der Waals surface area (Å²) in [6.45, 7) is 8.27. The van der Waals surface area contributed by atoms with Crippen molar-refractivity contribution in [2.24, 2.45) is 11.3 Å². The molecule has 0 bridgehead atoms. The standard InChI is InChI=1S/C17H28ClNS/c1-17(2,3)13-5-4-6-14(8-7-13)19-12-11-15-9-10-16(18)20-15/h9-10,13-14,19H,4-8,11-12H2,1-3H3. The molecule has 1 aromatic rings. The van der Waals surface area contributed by atoms with Crippen LogP contribution >= 0.6 is 22.9 Å². The highest BCUT2D eigenvalue weighted by Crippen LogP contribution is 2.36. The van der Waals surface area contributed by atoms with Gasteiger partial charge in [-0.2, -0.15) is 0 Å². The minimum Gasteiger partial charge on any atom is -0.314 e. The second kappa shape index (κ2) is 7.29. The van der Waals surface area contributed by atoms with Crippen molar-refractivity contribution >= 4 is 22.9 Å². The van der Waals surface area contributed by atoms with Gasteiger partial charge in [0.25, 0.3) is 0 Å². The van der Waals surface area contributed by atoms with Crippen LogP contribution in [0.1, 0.15) is 57.8 Å². The molecule has 2 unspecified atom stereocenters. The first kappa shape index (κ1) is 16.3. The van der Waals surface area contributed by atoms with Crippen LogP contribution in [0.2, 0.25) is 4.34 Å². The van der Waals surface area contributed by atoms with Crippen molar-refractivity contribution in [1.82, 2.24) is 5.32 Å². The SMILES string of the molecule is CC(C)(C)C1CCCC(NCCc2ccc(Cl)s2)CC1. The molecule has 3 heteroatoms. The first-order valence-corrected chi connectivity index (χ1v) is 9.12. The topological polar surface area (TPSA) is 12.0 Å². The third-order valence-corrected chi connectivity index (χ3v) is 5.92. The maximum Gasteiger partial charge on any atom is 0.0931 e. The highest BCUT2D eigenvalue weighted by molar-refractivity contribution is 7.16. The minimum absolute atomic E-state index is 0.475. The van der Waals surface area contributed by atoms with Crippen molar-refractivity contribution in [2.75, 3.05) is 6.54 Å². The Hall–Kier alpha value is -0.0500. The molecule has 1 saturated carbocycles. The number of rotatable bonds is 4. The molecule has 0 amide bonds. The van der Waals surface area contributed by atoms with Crippen LogP contribution < -0.4 is 5.32 Å².